The molecule has 1 saturated heterocycles. The first-order valence-corrected chi connectivity index (χ1v) is 6.01. The van der Waals surface area contributed by atoms with Crippen LogP contribution in [0.15, 0.2) is 29.1 Å². The molecular weight excluding hydrogens is 254 g/mol. The second-order valence-corrected chi connectivity index (χ2v) is 4.85. The van der Waals surface area contributed by atoms with E-state index in [1.807, 2.05) is 6.07 Å². The molecule has 5 nitrogen and oxygen atoms in total. The Kier molecular flexibility index (Phi) is 2.56. The number of fused-ring (bicyclic) bond motifs is 1. The van der Waals surface area contributed by atoms with Gasteiger partial charge in [0.15, 0.2) is 0 Å². The van der Waals surface area contributed by atoms with Gasteiger partial charge in [-0.25, -0.2) is 4.98 Å². The highest BCUT2D eigenvalue weighted by molar-refractivity contribution is 6.24. The third kappa shape index (κ3) is 1.86. The van der Waals surface area contributed by atoms with Gasteiger partial charge in [-0.1, -0.05) is 0 Å². The van der Waals surface area contributed by atoms with Gasteiger partial charge in [0.1, 0.15) is 11.5 Å². The first-order valence-electron chi connectivity index (χ1n) is 5.58. The molecule has 18 heavy (non-hydrogen) atoms. The molecule has 0 aliphatic carbocycles. The molecule has 0 bridgehead atoms. The van der Waals surface area contributed by atoms with E-state index in [1.54, 1.807) is 17.0 Å². The van der Waals surface area contributed by atoms with Crippen LogP contribution in [0.1, 0.15) is 6.42 Å². The second kappa shape index (κ2) is 4.10. The zero-order valence-corrected chi connectivity index (χ0v) is 10.1. The van der Waals surface area contributed by atoms with Crippen molar-refractivity contribution in [3.63, 3.8) is 0 Å². The maximum absolute atomic E-state index is 11.7. The number of carbonyl (C=O) groups excluding carboxylic acids is 1. The Bertz CT molecular complexity index is 682. The highest BCUT2D eigenvalue weighted by Crippen LogP contribution is 2.23. The van der Waals surface area contributed by atoms with Crippen LogP contribution in [0, 0.1) is 0 Å². The molecule has 0 aromatic carbocycles. The van der Waals surface area contributed by atoms with Crippen molar-refractivity contribution in [2.45, 2.75) is 11.8 Å². The number of amides is 1. The largest absolute Gasteiger partial charge is 0.307 e. The number of aromatic amines is 1. The lowest BCUT2D eigenvalue weighted by atomic mass is 10.3. The minimum atomic E-state index is -0.213. The predicted octanol–water partition coefficient (Wildman–Crippen LogP) is 1.27. The molecule has 0 spiro atoms. The fraction of sp³-hybridized carbons (Fsp3) is 0.250. The van der Waals surface area contributed by atoms with Crippen LogP contribution in [-0.2, 0) is 4.79 Å². The number of aromatic nitrogens is 2. The summed E-state index contributed by atoms with van der Waals surface area (Å²) in [6.45, 7) is 0.454. The minimum Gasteiger partial charge on any atom is -0.307 e. The Hall–Kier alpha value is -1.88. The molecule has 1 N–H and O–H groups in total. The van der Waals surface area contributed by atoms with E-state index >= 15 is 0 Å². The highest BCUT2D eigenvalue weighted by atomic mass is 35.5. The fourth-order valence-corrected chi connectivity index (χ4v) is 2.32. The van der Waals surface area contributed by atoms with Gasteiger partial charge in [-0.05, 0) is 18.2 Å². The summed E-state index contributed by atoms with van der Waals surface area (Å²) in [5.74, 6) is 0.484. The summed E-state index contributed by atoms with van der Waals surface area (Å²) in [6.07, 6.45) is 0.326. The summed E-state index contributed by atoms with van der Waals surface area (Å²) < 4.78 is 0. The lowest BCUT2D eigenvalue weighted by Crippen LogP contribution is -2.25. The lowest BCUT2D eigenvalue weighted by molar-refractivity contribution is -0.117. The molecular formula is C12H10ClN3O2. The monoisotopic (exact) mass is 263 g/mol. The van der Waals surface area contributed by atoms with Crippen LogP contribution in [0.2, 0.25) is 0 Å². The molecule has 1 aliphatic heterocycles. The van der Waals surface area contributed by atoms with Crippen LogP contribution in [0.5, 0.6) is 0 Å². The number of nitrogens with zero attached hydrogens (tertiary/aromatic N) is 2. The average Bonchev–Trinajstić information content (AvgIpc) is 2.67. The van der Waals surface area contributed by atoms with Crippen molar-refractivity contribution >= 4 is 34.4 Å². The zero-order chi connectivity index (χ0) is 12.7. The van der Waals surface area contributed by atoms with Crippen LogP contribution in [-0.4, -0.2) is 27.8 Å². The Morgan fingerprint density at radius 2 is 2.06 bits per heavy atom. The third-order valence-electron chi connectivity index (χ3n) is 2.92. The maximum atomic E-state index is 11.7. The first-order chi connectivity index (χ1) is 8.63. The van der Waals surface area contributed by atoms with Gasteiger partial charge in [-0.15, -0.1) is 11.6 Å². The number of alkyl halides is 1. The van der Waals surface area contributed by atoms with E-state index in [4.69, 9.17) is 11.6 Å². The van der Waals surface area contributed by atoms with Crippen molar-refractivity contribution in [3.8, 4) is 0 Å². The number of nitrogens with one attached hydrogen (secondary N) is 1. The van der Waals surface area contributed by atoms with Crippen LogP contribution >= 0.6 is 11.6 Å². The maximum Gasteiger partial charge on any atom is 0.249 e. The summed E-state index contributed by atoms with van der Waals surface area (Å²) in [5, 5.41) is 0.650. The van der Waals surface area contributed by atoms with Gasteiger partial charge in [0.2, 0.25) is 11.5 Å². The molecule has 1 fully saturated rings. The van der Waals surface area contributed by atoms with E-state index in [2.05, 4.69) is 9.97 Å². The van der Waals surface area contributed by atoms with Crippen LogP contribution in [0.25, 0.3) is 11.0 Å². The quantitative estimate of drug-likeness (QED) is 0.788. The van der Waals surface area contributed by atoms with Crippen LogP contribution < -0.4 is 10.5 Å². The molecule has 1 atom stereocenters. The average molecular weight is 264 g/mol. The Morgan fingerprint density at radius 1 is 1.28 bits per heavy atom. The lowest BCUT2D eigenvalue weighted by Gasteiger charge is -2.14. The third-order valence-corrected chi connectivity index (χ3v) is 3.21. The van der Waals surface area contributed by atoms with Gasteiger partial charge in [0.05, 0.1) is 5.38 Å². The van der Waals surface area contributed by atoms with Gasteiger partial charge in [-0.3, -0.25) is 14.5 Å². The standard InChI is InChI=1S/C12H10ClN3O2/c13-8-5-11(18)16(6-8)9-3-1-7-2-4-10(17)15-12(7)14-9/h1-4,8H,5-6H2,(H,14,15,17). The van der Waals surface area contributed by atoms with Gasteiger partial charge in [0.25, 0.3) is 0 Å². The molecule has 2 aromatic rings. The first kappa shape index (κ1) is 11.2. The Labute approximate surface area is 107 Å². The van der Waals surface area contributed by atoms with Crippen molar-refractivity contribution in [2.75, 3.05) is 11.4 Å². The smallest absolute Gasteiger partial charge is 0.249 e. The van der Waals surface area contributed by atoms with Gasteiger partial charge in [-0.2, -0.15) is 0 Å². The number of rotatable bonds is 1. The Balaban J connectivity index is 2.08. The van der Waals surface area contributed by atoms with Crippen LogP contribution in [0.3, 0.4) is 0 Å². The number of hydrogen-bond donors (Lipinski definition) is 1. The fourth-order valence-electron chi connectivity index (χ4n) is 2.05. The molecule has 0 saturated carbocycles. The van der Waals surface area contributed by atoms with E-state index < -0.39 is 0 Å². The van der Waals surface area contributed by atoms with E-state index in [1.165, 1.54) is 6.07 Å². The number of hydrogen-bond acceptors (Lipinski definition) is 3. The van der Waals surface area contributed by atoms with Gasteiger partial charge >= 0.3 is 0 Å². The summed E-state index contributed by atoms with van der Waals surface area (Å²) in [5.41, 5.74) is 0.265. The second-order valence-electron chi connectivity index (χ2n) is 4.24. The highest BCUT2D eigenvalue weighted by Gasteiger charge is 2.29. The summed E-state index contributed by atoms with van der Waals surface area (Å²) in [4.78, 5) is 31.4. The van der Waals surface area contributed by atoms with Crippen molar-refractivity contribution in [3.05, 3.63) is 34.6 Å². The van der Waals surface area contributed by atoms with Gasteiger partial charge in [0, 0.05) is 24.4 Å². The number of pyridine rings is 2. The molecule has 1 aliphatic rings. The minimum absolute atomic E-state index is 0.0415. The van der Waals surface area contributed by atoms with E-state index in [0.717, 1.165) is 5.39 Å². The predicted molar refractivity (Wildman–Crippen MR) is 69.0 cm³/mol. The number of halogens is 1. The molecule has 1 amide bonds. The van der Waals surface area contributed by atoms with Crippen LogP contribution in [0.4, 0.5) is 5.82 Å². The van der Waals surface area contributed by atoms with Crippen molar-refractivity contribution in [2.24, 2.45) is 0 Å². The number of anilines is 1. The number of H-pyrrole nitrogens is 1. The van der Waals surface area contributed by atoms with Crippen molar-refractivity contribution in [1.29, 1.82) is 0 Å². The van der Waals surface area contributed by atoms with E-state index in [9.17, 15) is 9.59 Å². The zero-order valence-electron chi connectivity index (χ0n) is 9.39. The Morgan fingerprint density at radius 3 is 2.78 bits per heavy atom. The molecule has 3 rings (SSSR count). The topological polar surface area (TPSA) is 66.1 Å². The molecule has 92 valence electrons. The molecule has 1 unspecified atom stereocenters. The molecule has 0 radical (unpaired) electrons. The SMILES string of the molecule is O=C1CC(Cl)CN1c1ccc2ccc(=O)[nH]c2n1. The van der Waals surface area contributed by atoms with E-state index in [-0.39, 0.29) is 16.8 Å². The number of carbonyl (C=O) groups is 1. The van der Waals surface area contributed by atoms with Crippen molar-refractivity contribution in [1.82, 2.24) is 9.97 Å². The van der Waals surface area contributed by atoms with E-state index in [0.29, 0.717) is 24.4 Å². The van der Waals surface area contributed by atoms with Gasteiger partial charge < -0.3 is 4.98 Å². The summed E-state index contributed by atoms with van der Waals surface area (Å²) >= 11 is 5.95. The molecule has 3 heterocycles. The molecule has 6 heteroatoms. The summed E-state index contributed by atoms with van der Waals surface area (Å²) in [6, 6.07) is 6.72. The normalized spacial score (nSPS) is 19.7. The van der Waals surface area contributed by atoms with Crippen molar-refractivity contribution < 1.29 is 4.79 Å². The molecule has 2 aromatic heterocycles. The summed E-state index contributed by atoms with van der Waals surface area (Å²) in [7, 11) is 0.